The van der Waals surface area contributed by atoms with Crippen molar-refractivity contribution >= 4 is 34.2 Å². The summed E-state index contributed by atoms with van der Waals surface area (Å²) in [5.41, 5.74) is 3.56. The van der Waals surface area contributed by atoms with Crippen LogP contribution in [0.4, 0.5) is 11.4 Å². The Kier molecular flexibility index (Phi) is 6.95. The molecule has 0 bridgehead atoms. The van der Waals surface area contributed by atoms with Crippen LogP contribution in [0.25, 0.3) is 17.0 Å². The minimum absolute atomic E-state index is 0.0413. The molecule has 0 spiro atoms. The highest BCUT2D eigenvalue weighted by molar-refractivity contribution is 6.15. The summed E-state index contributed by atoms with van der Waals surface area (Å²) in [6, 6.07) is 9.63. The Morgan fingerprint density at radius 1 is 1.05 bits per heavy atom. The molecule has 2 aliphatic rings. The fourth-order valence-electron chi connectivity index (χ4n) is 5.50. The molecule has 0 aliphatic carbocycles. The average Bonchev–Trinajstić information content (AvgIpc) is 2.91. The number of benzene rings is 2. The summed E-state index contributed by atoms with van der Waals surface area (Å²) in [5.74, 6) is 1.48. The predicted molar refractivity (Wildman–Crippen MR) is 152 cm³/mol. The fraction of sp³-hybridized carbons (Fsp3) is 0.419. The number of ketones is 1. The van der Waals surface area contributed by atoms with Crippen molar-refractivity contribution in [1.29, 1.82) is 0 Å². The Morgan fingerprint density at radius 3 is 2.37 bits per heavy atom. The van der Waals surface area contributed by atoms with Crippen LogP contribution in [0.15, 0.2) is 45.6 Å². The first kappa shape index (κ1) is 25.9. The van der Waals surface area contributed by atoms with E-state index >= 15 is 0 Å². The van der Waals surface area contributed by atoms with Gasteiger partial charge < -0.3 is 23.7 Å². The molecule has 7 heteroatoms. The molecule has 3 heterocycles. The SMILES string of the molecule is CCCc1cc(=O)oc2c(C(=O)CC)c(N3CCN(c4ccc(OC)cc4)CC3)c3c(c12)OC(C)(C)C=C3. The normalized spacial score (nSPS) is 16.3. The Balaban J connectivity index is 1.66. The number of hydrogen-bond acceptors (Lipinski definition) is 7. The van der Waals surface area contributed by atoms with Gasteiger partial charge >= 0.3 is 5.63 Å². The number of rotatable bonds is 7. The van der Waals surface area contributed by atoms with Gasteiger partial charge in [-0.25, -0.2) is 4.79 Å². The molecular formula is C31H36N2O5. The molecule has 0 unspecified atom stereocenters. The first-order chi connectivity index (χ1) is 18.3. The standard InChI is InChI=1S/C31H36N2O5/c1-6-8-20-19-25(35)37-30-26(20)29-23(13-14-31(3,4)38-29)28(27(30)24(34)7-2)33-17-15-32(16-18-33)21-9-11-22(36-5)12-10-21/h9-14,19H,6-8,15-18H2,1-5H3. The number of ether oxygens (including phenoxy) is 2. The van der Waals surface area contributed by atoms with Gasteiger partial charge in [0.25, 0.3) is 0 Å². The van der Waals surface area contributed by atoms with Crippen molar-refractivity contribution in [2.45, 2.75) is 52.6 Å². The van der Waals surface area contributed by atoms with E-state index in [1.54, 1.807) is 13.2 Å². The van der Waals surface area contributed by atoms with Crippen LogP contribution in [-0.4, -0.2) is 44.7 Å². The average molecular weight is 517 g/mol. The molecule has 1 fully saturated rings. The fourth-order valence-corrected chi connectivity index (χ4v) is 5.50. The maximum Gasteiger partial charge on any atom is 0.336 e. The smallest absolute Gasteiger partial charge is 0.336 e. The van der Waals surface area contributed by atoms with Crippen molar-refractivity contribution in [2.24, 2.45) is 0 Å². The molecule has 7 nitrogen and oxygen atoms in total. The zero-order chi connectivity index (χ0) is 27.0. The Bertz CT molecular complexity index is 1440. The third-order valence-corrected chi connectivity index (χ3v) is 7.40. The van der Waals surface area contributed by atoms with Crippen LogP contribution in [0.1, 0.15) is 62.0 Å². The van der Waals surface area contributed by atoms with E-state index in [0.717, 1.165) is 53.1 Å². The van der Waals surface area contributed by atoms with Crippen LogP contribution in [0.3, 0.4) is 0 Å². The summed E-state index contributed by atoms with van der Waals surface area (Å²) in [7, 11) is 1.67. The van der Waals surface area contributed by atoms with Crippen LogP contribution in [-0.2, 0) is 6.42 Å². The minimum Gasteiger partial charge on any atom is -0.497 e. The van der Waals surface area contributed by atoms with Crippen molar-refractivity contribution < 1.29 is 18.7 Å². The Hall–Kier alpha value is -3.74. The predicted octanol–water partition coefficient (Wildman–Crippen LogP) is 5.86. The highest BCUT2D eigenvalue weighted by atomic mass is 16.5. The molecule has 1 saturated heterocycles. The number of carbonyl (C=O) groups excluding carboxylic acids is 1. The van der Waals surface area contributed by atoms with E-state index in [1.165, 1.54) is 0 Å². The molecule has 0 saturated carbocycles. The lowest BCUT2D eigenvalue weighted by atomic mass is 9.90. The maximum atomic E-state index is 13.6. The summed E-state index contributed by atoms with van der Waals surface area (Å²) < 4.78 is 17.7. The molecule has 0 radical (unpaired) electrons. The second-order valence-corrected chi connectivity index (χ2v) is 10.5. The first-order valence-electron chi connectivity index (χ1n) is 13.5. The highest BCUT2D eigenvalue weighted by Gasteiger charge is 2.34. The lowest BCUT2D eigenvalue weighted by Gasteiger charge is -2.40. The van der Waals surface area contributed by atoms with E-state index < -0.39 is 11.2 Å². The van der Waals surface area contributed by atoms with Gasteiger partial charge in [0.1, 0.15) is 17.1 Å². The van der Waals surface area contributed by atoms with Gasteiger partial charge in [-0.1, -0.05) is 20.3 Å². The van der Waals surface area contributed by atoms with Crippen LogP contribution in [0.2, 0.25) is 0 Å². The van der Waals surface area contributed by atoms with Crippen LogP contribution in [0, 0.1) is 0 Å². The number of nitrogens with zero attached hydrogens (tertiary/aromatic N) is 2. The van der Waals surface area contributed by atoms with Crippen LogP contribution in [0.5, 0.6) is 11.5 Å². The summed E-state index contributed by atoms with van der Waals surface area (Å²) in [6.45, 7) is 10.9. The van der Waals surface area contributed by atoms with Crippen molar-refractivity contribution in [2.75, 3.05) is 43.1 Å². The highest BCUT2D eigenvalue weighted by Crippen LogP contribution is 2.47. The number of aryl methyl sites for hydroxylation is 1. The van der Waals surface area contributed by atoms with Crippen LogP contribution < -0.4 is 24.9 Å². The molecule has 2 aromatic carbocycles. The van der Waals surface area contributed by atoms with E-state index in [4.69, 9.17) is 13.9 Å². The topological polar surface area (TPSA) is 72.2 Å². The summed E-state index contributed by atoms with van der Waals surface area (Å²) in [5, 5.41) is 0.747. The third kappa shape index (κ3) is 4.66. The quantitative estimate of drug-likeness (QED) is 0.288. The molecule has 5 rings (SSSR count). The number of piperazine rings is 1. The van der Waals surface area contributed by atoms with Gasteiger partial charge in [-0.2, -0.15) is 0 Å². The summed E-state index contributed by atoms with van der Waals surface area (Å²) in [6.07, 6.45) is 5.98. The monoisotopic (exact) mass is 516 g/mol. The van der Waals surface area contributed by atoms with Crippen molar-refractivity contribution in [3.8, 4) is 11.5 Å². The van der Waals surface area contributed by atoms with Gasteiger partial charge in [0.15, 0.2) is 11.4 Å². The van der Waals surface area contributed by atoms with Gasteiger partial charge in [0.05, 0.1) is 23.7 Å². The van der Waals surface area contributed by atoms with Gasteiger partial charge in [-0.05, 0) is 62.2 Å². The summed E-state index contributed by atoms with van der Waals surface area (Å²) in [4.78, 5) is 30.8. The number of carbonyl (C=O) groups is 1. The molecular weight excluding hydrogens is 480 g/mol. The molecule has 200 valence electrons. The van der Waals surface area contributed by atoms with Gasteiger partial charge in [0.2, 0.25) is 0 Å². The molecule has 0 atom stereocenters. The van der Waals surface area contributed by atoms with Crippen molar-refractivity contribution in [3.63, 3.8) is 0 Å². The molecule has 0 amide bonds. The first-order valence-corrected chi connectivity index (χ1v) is 13.5. The van der Waals surface area contributed by atoms with Gasteiger partial charge in [-0.3, -0.25) is 4.79 Å². The third-order valence-electron chi connectivity index (χ3n) is 7.40. The lowest BCUT2D eigenvalue weighted by Crippen LogP contribution is -2.47. The number of hydrogen-bond donors (Lipinski definition) is 0. The van der Waals surface area contributed by atoms with Gasteiger partial charge in [-0.15, -0.1) is 0 Å². The van der Waals surface area contributed by atoms with E-state index in [2.05, 4.69) is 34.9 Å². The molecule has 3 aromatic rings. The molecule has 2 aliphatic heterocycles. The second-order valence-electron chi connectivity index (χ2n) is 10.5. The van der Waals surface area contributed by atoms with Gasteiger partial charge in [0, 0.05) is 49.9 Å². The van der Waals surface area contributed by atoms with E-state index in [0.29, 0.717) is 42.8 Å². The largest absolute Gasteiger partial charge is 0.497 e. The number of fused-ring (bicyclic) bond motifs is 3. The zero-order valence-electron chi connectivity index (χ0n) is 22.9. The van der Waals surface area contributed by atoms with E-state index in [-0.39, 0.29) is 5.78 Å². The van der Waals surface area contributed by atoms with E-state index in [1.807, 2.05) is 39.0 Å². The van der Waals surface area contributed by atoms with E-state index in [9.17, 15) is 9.59 Å². The molecule has 38 heavy (non-hydrogen) atoms. The maximum absolute atomic E-state index is 13.6. The lowest BCUT2D eigenvalue weighted by molar-refractivity contribution is 0.0989. The van der Waals surface area contributed by atoms with Crippen LogP contribution >= 0.6 is 0 Å². The number of Topliss-reactive ketones (excluding diaryl/α,β-unsaturated/α-hetero) is 1. The number of anilines is 2. The molecule has 1 aromatic heterocycles. The van der Waals surface area contributed by atoms with Crippen molar-refractivity contribution in [3.05, 3.63) is 63.5 Å². The second kappa shape index (κ2) is 10.2. The zero-order valence-corrected chi connectivity index (χ0v) is 22.9. The number of methoxy groups -OCH3 is 1. The Morgan fingerprint density at radius 2 is 1.74 bits per heavy atom. The minimum atomic E-state index is -0.528. The van der Waals surface area contributed by atoms with Crippen molar-refractivity contribution in [1.82, 2.24) is 0 Å². The summed E-state index contributed by atoms with van der Waals surface area (Å²) >= 11 is 0. The molecule has 0 N–H and O–H groups in total. The Labute approximate surface area is 223 Å².